The van der Waals surface area contributed by atoms with E-state index in [-0.39, 0.29) is 18.3 Å². The van der Waals surface area contributed by atoms with Crippen molar-refractivity contribution in [2.24, 2.45) is 17.6 Å². The van der Waals surface area contributed by atoms with Gasteiger partial charge in [-0.25, -0.2) is 0 Å². The van der Waals surface area contributed by atoms with E-state index >= 15 is 0 Å². The van der Waals surface area contributed by atoms with E-state index in [0.29, 0.717) is 24.3 Å². The summed E-state index contributed by atoms with van der Waals surface area (Å²) in [6.07, 6.45) is 2.82. The highest BCUT2D eigenvalue weighted by Crippen LogP contribution is 2.37. The number of halogens is 2. The molecule has 1 aromatic carbocycles. The molecule has 21 heavy (non-hydrogen) atoms. The van der Waals surface area contributed by atoms with Gasteiger partial charge in [-0.1, -0.05) is 22.0 Å². The zero-order valence-electron chi connectivity index (χ0n) is 12.2. The predicted octanol–water partition coefficient (Wildman–Crippen LogP) is 2.92. The number of rotatable bonds is 2. The fourth-order valence-corrected chi connectivity index (χ4v) is 4.12. The van der Waals surface area contributed by atoms with Crippen LogP contribution >= 0.6 is 28.3 Å². The van der Waals surface area contributed by atoms with Gasteiger partial charge in [0.1, 0.15) is 0 Å². The highest BCUT2D eigenvalue weighted by atomic mass is 79.9. The SMILES string of the molecule is Cc1cc(Br)ccc1CC(=O)N1CC2CCC(N)C2C1.Cl. The van der Waals surface area contributed by atoms with Crippen LogP contribution in [-0.4, -0.2) is 29.9 Å². The smallest absolute Gasteiger partial charge is 0.227 e. The van der Waals surface area contributed by atoms with Gasteiger partial charge in [0, 0.05) is 23.6 Å². The van der Waals surface area contributed by atoms with Crippen LogP contribution < -0.4 is 5.73 Å². The first-order valence-corrected chi connectivity index (χ1v) is 8.12. The van der Waals surface area contributed by atoms with Crippen molar-refractivity contribution in [3.8, 4) is 0 Å². The van der Waals surface area contributed by atoms with Gasteiger partial charge >= 0.3 is 0 Å². The number of amides is 1. The van der Waals surface area contributed by atoms with E-state index in [2.05, 4.69) is 28.9 Å². The largest absolute Gasteiger partial charge is 0.342 e. The van der Waals surface area contributed by atoms with Gasteiger partial charge in [0.2, 0.25) is 5.91 Å². The Balaban J connectivity index is 0.00000161. The Morgan fingerprint density at radius 3 is 2.81 bits per heavy atom. The van der Waals surface area contributed by atoms with Crippen LogP contribution in [0.3, 0.4) is 0 Å². The molecular formula is C16H22BrClN2O. The maximum Gasteiger partial charge on any atom is 0.227 e. The summed E-state index contributed by atoms with van der Waals surface area (Å²) in [6.45, 7) is 3.83. The van der Waals surface area contributed by atoms with Crippen molar-refractivity contribution in [1.29, 1.82) is 0 Å². The topological polar surface area (TPSA) is 46.3 Å². The number of carbonyl (C=O) groups excluding carboxylic acids is 1. The molecule has 3 rings (SSSR count). The minimum absolute atomic E-state index is 0. The fourth-order valence-electron chi connectivity index (χ4n) is 3.64. The standard InChI is InChI=1S/C16H21BrN2O.ClH/c1-10-6-13(17)4-2-11(10)7-16(20)19-8-12-3-5-15(18)14(12)9-19;/h2,4,6,12,14-15H,3,5,7-9,18H2,1H3;1H. The number of hydrogen-bond donors (Lipinski definition) is 1. The molecule has 116 valence electrons. The molecule has 1 heterocycles. The molecule has 2 N–H and O–H groups in total. The Kier molecular flexibility index (Phi) is 5.33. The van der Waals surface area contributed by atoms with Crippen molar-refractivity contribution in [3.63, 3.8) is 0 Å². The molecule has 2 aliphatic rings. The second kappa shape index (κ2) is 6.67. The quantitative estimate of drug-likeness (QED) is 0.866. The predicted molar refractivity (Wildman–Crippen MR) is 90.6 cm³/mol. The summed E-state index contributed by atoms with van der Waals surface area (Å²) in [4.78, 5) is 14.5. The van der Waals surface area contributed by atoms with Crippen LogP contribution in [-0.2, 0) is 11.2 Å². The number of nitrogens with zero attached hydrogens (tertiary/aromatic N) is 1. The molecule has 1 amide bonds. The average molecular weight is 374 g/mol. The molecule has 1 aliphatic heterocycles. The maximum atomic E-state index is 12.5. The van der Waals surface area contributed by atoms with E-state index in [1.165, 1.54) is 12.0 Å². The summed E-state index contributed by atoms with van der Waals surface area (Å²) in [5.74, 6) is 1.42. The second-order valence-corrected chi connectivity index (χ2v) is 7.13. The molecule has 5 heteroatoms. The number of nitrogens with two attached hydrogens (primary N) is 1. The van der Waals surface area contributed by atoms with Crippen molar-refractivity contribution < 1.29 is 4.79 Å². The Labute approximate surface area is 140 Å². The summed E-state index contributed by atoms with van der Waals surface area (Å²) >= 11 is 3.46. The Morgan fingerprint density at radius 1 is 1.38 bits per heavy atom. The van der Waals surface area contributed by atoms with E-state index < -0.39 is 0 Å². The van der Waals surface area contributed by atoms with Crippen LogP contribution in [0.1, 0.15) is 24.0 Å². The fraction of sp³-hybridized carbons (Fsp3) is 0.562. The normalized spacial score (nSPS) is 27.4. The first-order valence-electron chi connectivity index (χ1n) is 7.33. The number of hydrogen-bond acceptors (Lipinski definition) is 2. The van der Waals surface area contributed by atoms with E-state index in [1.54, 1.807) is 0 Å². The number of benzene rings is 1. The lowest BCUT2D eigenvalue weighted by Gasteiger charge is -2.19. The van der Waals surface area contributed by atoms with Crippen LogP contribution in [0.5, 0.6) is 0 Å². The van der Waals surface area contributed by atoms with Crippen molar-refractivity contribution >= 4 is 34.2 Å². The van der Waals surface area contributed by atoms with Gasteiger partial charge in [-0.2, -0.15) is 0 Å². The molecule has 3 atom stereocenters. The first kappa shape index (κ1) is 16.8. The average Bonchev–Trinajstić information content (AvgIpc) is 2.96. The van der Waals surface area contributed by atoms with Gasteiger partial charge in [-0.05, 0) is 54.9 Å². The molecule has 1 saturated heterocycles. The summed E-state index contributed by atoms with van der Waals surface area (Å²) in [5, 5.41) is 0. The molecule has 3 unspecified atom stereocenters. The van der Waals surface area contributed by atoms with Gasteiger partial charge in [0.15, 0.2) is 0 Å². The van der Waals surface area contributed by atoms with Crippen LogP contribution in [0.15, 0.2) is 22.7 Å². The van der Waals surface area contributed by atoms with Gasteiger partial charge in [0.05, 0.1) is 6.42 Å². The third-order valence-electron chi connectivity index (χ3n) is 4.91. The Morgan fingerprint density at radius 2 is 2.14 bits per heavy atom. The number of aryl methyl sites for hydroxylation is 1. The summed E-state index contributed by atoms with van der Waals surface area (Å²) in [6, 6.07) is 6.41. The van der Waals surface area contributed by atoms with Crippen LogP contribution in [0.4, 0.5) is 0 Å². The molecule has 3 nitrogen and oxygen atoms in total. The van der Waals surface area contributed by atoms with Crippen molar-refractivity contribution in [1.82, 2.24) is 4.90 Å². The van der Waals surface area contributed by atoms with Crippen molar-refractivity contribution in [3.05, 3.63) is 33.8 Å². The minimum atomic E-state index is 0. The van der Waals surface area contributed by atoms with Gasteiger partial charge in [-0.3, -0.25) is 4.79 Å². The van der Waals surface area contributed by atoms with E-state index in [0.717, 1.165) is 29.5 Å². The monoisotopic (exact) mass is 372 g/mol. The molecule has 0 radical (unpaired) electrons. The molecule has 1 saturated carbocycles. The van der Waals surface area contributed by atoms with E-state index in [9.17, 15) is 4.79 Å². The second-order valence-electron chi connectivity index (χ2n) is 6.21. The Bertz CT molecular complexity index is 537. The van der Waals surface area contributed by atoms with Crippen molar-refractivity contribution in [2.75, 3.05) is 13.1 Å². The maximum absolute atomic E-state index is 12.5. The summed E-state index contributed by atoms with van der Waals surface area (Å²) in [5.41, 5.74) is 8.43. The molecule has 0 aromatic heterocycles. The number of fused-ring (bicyclic) bond motifs is 1. The Hall–Kier alpha value is -0.580. The van der Waals surface area contributed by atoms with Crippen LogP contribution in [0, 0.1) is 18.8 Å². The lowest BCUT2D eigenvalue weighted by molar-refractivity contribution is -0.129. The zero-order valence-corrected chi connectivity index (χ0v) is 14.6. The van der Waals surface area contributed by atoms with Crippen molar-refractivity contribution in [2.45, 2.75) is 32.2 Å². The molecule has 1 aliphatic carbocycles. The number of likely N-dealkylation sites (tertiary alicyclic amines) is 1. The van der Waals surface area contributed by atoms with E-state index in [4.69, 9.17) is 5.73 Å². The highest BCUT2D eigenvalue weighted by Gasteiger charge is 2.42. The molecule has 0 bridgehead atoms. The molecule has 1 aromatic rings. The van der Waals surface area contributed by atoms with Crippen LogP contribution in [0.25, 0.3) is 0 Å². The molecular weight excluding hydrogens is 352 g/mol. The highest BCUT2D eigenvalue weighted by molar-refractivity contribution is 9.10. The van der Waals surface area contributed by atoms with Gasteiger partial charge in [0.25, 0.3) is 0 Å². The van der Waals surface area contributed by atoms with Gasteiger partial charge < -0.3 is 10.6 Å². The zero-order chi connectivity index (χ0) is 14.3. The third kappa shape index (κ3) is 3.43. The van der Waals surface area contributed by atoms with Crippen LogP contribution in [0.2, 0.25) is 0 Å². The van der Waals surface area contributed by atoms with Gasteiger partial charge in [-0.15, -0.1) is 12.4 Å². The summed E-state index contributed by atoms with van der Waals surface area (Å²) < 4.78 is 1.06. The third-order valence-corrected chi connectivity index (χ3v) is 5.40. The van der Waals surface area contributed by atoms with E-state index in [1.807, 2.05) is 17.0 Å². The lowest BCUT2D eigenvalue weighted by atomic mass is 9.98. The summed E-state index contributed by atoms with van der Waals surface area (Å²) in [7, 11) is 0. The molecule has 0 spiro atoms. The lowest BCUT2D eigenvalue weighted by Crippen LogP contribution is -2.34. The first-order chi connectivity index (χ1) is 9.54. The minimum Gasteiger partial charge on any atom is -0.342 e. The molecule has 2 fully saturated rings. The number of carbonyl (C=O) groups is 1.